The quantitative estimate of drug-likeness (QED) is 0.915. The molecule has 1 amide bonds. The van der Waals surface area contributed by atoms with E-state index in [9.17, 15) is 9.59 Å². The number of amides is 1. The molecule has 3 heterocycles. The summed E-state index contributed by atoms with van der Waals surface area (Å²) < 4.78 is 0. The van der Waals surface area contributed by atoms with E-state index < -0.39 is 0 Å². The third kappa shape index (κ3) is 2.97. The second kappa shape index (κ2) is 6.64. The average molecular weight is 339 g/mol. The second-order valence-corrected chi connectivity index (χ2v) is 7.27. The molecule has 2 aliphatic rings. The van der Waals surface area contributed by atoms with Crippen molar-refractivity contribution in [2.45, 2.75) is 38.6 Å². The first kappa shape index (κ1) is 16.3. The zero-order valence-electron chi connectivity index (χ0n) is 14.8. The first-order valence-corrected chi connectivity index (χ1v) is 9.30. The van der Waals surface area contributed by atoms with Gasteiger partial charge in [-0.15, -0.1) is 0 Å². The maximum atomic E-state index is 13.0. The SMILES string of the molecule is Cc1c(C(=O)N2CCC(N3CCCC3)CC2)c(=O)[nH]c2ccccc12. The van der Waals surface area contributed by atoms with Crippen LogP contribution in [0.1, 0.15) is 41.6 Å². The summed E-state index contributed by atoms with van der Waals surface area (Å²) in [7, 11) is 0. The summed E-state index contributed by atoms with van der Waals surface area (Å²) in [4.78, 5) is 32.8. The maximum Gasteiger partial charge on any atom is 0.261 e. The maximum absolute atomic E-state index is 13.0. The van der Waals surface area contributed by atoms with Crippen LogP contribution in [-0.2, 0) is 0 Å². The van der Waals surface area contributed by atoms with Gasteiger partial charge in [0.2, 0.25) is 0 Å². The summed E-state index contributed by atoms with van der Waals surface area (Å²) in [5.74, 6) is -0.121. The summed E-state index contributed by atoms with van der Waals surface area (Å²) in [6.45, 7) is 5.75. The van der Waals surface area contributed by atoms with Crippen molar-refractivity contribution in [1.29, 1.82) is 0 Å². The monoisotopic (exact) mass is 339 g/mol. The lowest BCUT2D eigenvalue weighted by Gasteiger charge is -2.36. The lowest BCUT2D eigenvalue weighted by Crippen LogP contribution is -2.47. The molecule has 5 nitrogen and oxygen atoms in total. The van der Waals surface area contributed by atoms with E-state index in [2.05, 4.69) is 9.88 Å². The lowest BCUT2D eigenvalue weighted by atomic mass is 10.00. The van der Waals surface area contributed by atoms with E-state index in [1.54, 1.807) is 0 Å². The van der Waals surface area contributed by atoms with E-state index in [1.807, 2.05) is 36.1 Å². The van der Waals surface area contributed by atoms with E-state index in [1.165, 1.54) is 25.9 Å². The minimum Gasteiger partial charge on any atom is -0.338 e. The molecule has 0 aliphatic carbocycles. The van der Waals surface area contributed by atoms with Gasteiger partial charge >= 0.3 is 0 Å². The van der Waals surface area contributed by atoms with Gasteiger partial charge in [-0.2, -0.15) is 0 Å². The van der Waals surface area contributed by atoms with Gasteiger partial charge in [-0.3, -0.25) is 9.59 Å². The number of H-pyrrole nitrogens is 1. The number of para-hydroxylation sites is 1. The highest BCUT2D eigenvalue weighted by Gasteiger charge is 2.30. The molecule has 0 spiro atoms. The van der Waals surface area contributed by atoms with Crippen molar-refractivity contribution in [3.05, 3.63) is 45.7 Å². The van der Waals surface area contributed by atoms with Crippen LogP contribution in [0, 0.1) is 6.92 Å². The van der Waals surface area contributed by atoms with Gasteiger partial charge < -0.3 is 14.8 Å². The third-order valence-corrected chi connectivity index (χ3v) is 5.80. The predicted octanol–water partition coefficient (Wildman–Crippen LogP) is 2.54. The number of fused-ring (bicyclic) bond motifs is 1. The molecule has 1 aromatic heterocycles. The number of likely N-dealkylation sites (tertiary alicyclic amines) is 2. The van der Waals surface area contributed by atoms with Gasteiger partial charge in [0, 0.05) is 30.0 Å². The fourth-order valence-corrected chi connectivity index (χ4v) is 4.37. The Bertz CT molecular complexity index is 844. The standard InChI is InChI=1S/C20H25N3O2/c1-14-16-6-2-3-7-17(16)21-19(24)18(14)20(25)23-12-8-15(9-13-23)22-10-4-5-11-22/h2-3,6-7,15H,4-5,8-13H2,1H3,(H,21,24). The van der Waals surface area contributed by atoms with E-state index in [-0.39, 0.29) is 11.5 Å². The molecule has 4 rings (SSSR count). The van der Waals surface area contributed by atoms with Crippen molar-refractivity contribution in [2.75, 3.05) is 26.2 Å². The second-order valence-electron chi connectivity index (χ2n) is 7.27. The van der Waals surface area contributed by atoms with Gasteiger partial charge in [0.15, 0.2) is 0 Å². The van der Waals surface area contributed by atoms with Crippen LogP contribution >= 0.6 is 0 Å². The first-order chi connectivity index (χ1) is 12.1. The lowest BCUT2D eigenvalue weighted by molar-refractivity contribution is 0.0642. The van der Waals surface area contributed by atoms with Crippen LogP contribution in [0.3, 0.4) is 0 Å². The van der Waals surface area contributed by atoms with Crippen molar-refractivity contribution in [3.63, 3.8) is 0 Å². The number of hydrogen-bond donors (Lipinski definition) is 1. The van der Waals surface area contributed by atoms with E-state index >= 15 is 0 Å². The van der Waals surface area contributed by atoms with Gasteiger partial charge in [0.25, 0.3) is 11.5 Å². The number of aromatic nitrogens is 1. The van der Waals surface area contributed by atoms with Crippen molar-refractivity contribution in [3.8, 4) is 0 Å². The molecule has 0 atom stereocenters. The Morgan fingerprint density at radius 1 is 1.08 bits per heavy atom. The Labute approximate surface area is 147 Å². The molecule has 132 valence electrons. The molecular formula is C20H25N3O2. The molecular weight excluding hydrogens is 314 g/mol. The Balaban J connectivity index is 1.55. The number of nitrogens with one attached hydrogen (secondary N) is 1. The number of aromatic amines is 1. The normalized spacial score (nSPS) is 19.6. The van der Waals surface area contributed by atoms with E-state index in [4.69, 9.17) is 0 Å². The largest absolute Gasteiger partial charge is 0.338 e. The number of nitrogens with zero attached hydrogens (tertiary/aromatic N) is 2. The summed E-state index contributed by atoms with van der Waals surface area (Å²) in [6.07, 6.45) is 4.61. The smallest absolute Gasteiger partial charge is 0.261 e. The van der Waals surface area contributed by atoms with Crippen molar-refractivity contribution in [2.24, 2.45) is 0 Å². The Morgan fingerprint density at radius 3 is 2.48 bits per heavy atom. The molecule has 1 N–H and O–H groups in total. The number of carbonyl (C=O) groups is 1. The molecule has 0 radical (unpaired) electrons. The van der Waals surface area contributed by atoms with Gasteiger partial charge in [-0.1, -0.05) is 18.2 Å². The number of piperidine rings is 1. The number of pyridine rings is 1. The van der Waals surface area contributed by atoms with E-state index in [0.29, 0.717) is 11.6 Å². The van der Waals surface area contributed by atoms with Crippen molar-refractivity contribution >= 4 is 16.8 Å². The molecule has 2 saturated heterocycles. The number of aryl methyl sites for hydroxylation is 1. The molecule has 0 saturated carbocycles. The van der Waals surface area contributed by atoms with Gasteiger partial charge in [0.05, 0.1) is 0 Å². The van der Waals surface area contributed by atoms with Crippen LogP contribution in [0.2, 0.25) is 0 Å². The molecule has 2 fully saturated rings. The average Bonchev–Trinajstić information content (AvgIpc) is 3.16. The fourth-order valence-electron chi connectivity index (χ4n) is 4.37. The van der Waals surface area contributed by atoms with Crippen molar-refractivity contribution < 1.29 is 4.79 Å². The highest BCUT2D eigenvalue weighted by molar-refractivity contribution is 5.99. The third-order valence-electron chi connectivity index (χ3n) is 5.80. The number of benzene rings is 1. The minimum atomic E-state index is -0.275. The van der Waals surface area contributed by atoms with Crippen LogP contribution < -0.4 is 5.56 Å². The molecule has 2 aromatic rings. The van der Waals surface area contributed by atoms with Crippen LogP contribution in [-0.4, -0.2) is 52.9 Å². The summed E-state index contributed by atoms with van der Waals surface area (Å²) >= 11 is 0. The van der Waals surface area contributed by atoms with Gasteiger partial charge in [0.1, 0.15) is 5.56 Å². The topological polar surface area (TPSA) is 56.4 Å². The molecule has 2 aliphatic heterocycles. The van der Waals surface area contributed by atoms with Crippen LogP contribution in [0.4, 0.5) is 0 Å². The zero-order valence-corrected chi connectivity index (χ0v) is 14.8. The summed E-state index contributed by atoms with van der Waals surface area (Å²) in [6, 6.07) is 8.25. The van der Waals surface area contributed by atoms with E-state index in [0.717, 1.165) is 42.4 Å². The molecule has 1 aromatic carbocycles. The first-order valence-electron chi connectivity index (χ1n) is 9.30. The van der Waals surface area contributed by atoms with Crippen molar-refractivity contribution in [1.82, 2.24) is 14.8 Å². The Kier molecular flexibility index (Phi) is 4.34. The molecule has 5 heteroatoms. The fraction of sp³-hybridized carbons (Fsp3) is 0.500. The van der Waals surface area contributed by atoms with Crippen LogP contribution in [0.25, 0.3) is 10.9 Å². The molecule has 0 unspecified atom stereocenters. The van der Waals surface area contributed by atoms with Gasteiger partial charge in [-0.25, -0.2) is 0 Å². The summed E-state index contributed by atoms with van der Waals surface area (Å²) in [5.41, 5.74) is 1.60. The number of rotatable bonds is 2. The van der Waals surface area contributed by atoms with Gasteiger partial charge in [-0.05, 0) is 57.3 Å². The zero-order chi connectivity index (χ0) is 17.4. The Morgan fingerprint density at radius 2 is 1.76 bits per heavy atom. The van der Waals surface area contributed by atoms with Crippen LogP contribution in [0.15, 0.2) is 29.1 Å². The predicted molar refractivity (Wildman–Crippen MR) is 99.0 cm³/mol. The molecule has 25 heavy (non-hydrogen) atoms. The number of carbonyl (C=O) groups excluding carboxylic acids is 1. The minimum absolute atomic E-state index is 0.121. The van der Waals surface area contributed by atoms with Crippen LogP contribution in [0.5, 0.6) is 0 Å². The number of hydrogen-bond acceptors (Lipinski definition) is 3. The Hall–Kier alpha value is -2.14. The molecule has 0 bridgehead atoms. The highest BCUT2D eigenvalue weighted by Crippen LogP contribution is 2.23. The summed E-state index contributed by atoms with van der Waals surface area (Å²) in [5, 5.41) is 0.942. The highest BCUT2D eigenvalue weighted by atomic mass is 16.2.